The Morgan fingerprint density at radius 2 is 1.92 bits per heavy atom. The van der Waals surface area contributed by atoms with Crippen molar-refractivity contribution in [2.45, 2.75) is 64.9 Å². The van der Waals surface area contributed by atoms with Crippen molar-refractivity contribution in [2.75, 3.05) is 18.5 Å². The van der Waals surface area contributed by atoms with Gasteiger partial charge in [-0.3, -0.25) is 4.79 Å². The Balaban J connectivity index is 2.04. The van der Waals surface area contributed by atoms with Crippen molar-refractivity contribution in [3.8, 4) is 5.75 Å². The Labute approximate surface area is 145 Å². The zero-order chi connectivity index (χ0) is 17.4. The van der Waals surface area contributed by atoms with E-state index in [0.29, 0.717) is 19.1 Å². The zero-order valence-electron chi connectivity index (χ0n) is 15.3. The van der Waals surface area contributed by atoms with Gasteiger partial charge in [0.05, 0.1) is 6.61 Å². The summed E-state index contributed by atoms with van der Waals surface area (Å²) >= 11 is 0. The van der Waals surface area contributed by atoms with Crippen LogP contribution in [0.1, 0.15) is 59.3 Å². The molecule has 1 aliphatic rings. The fraction of sp³-hybridized carbons (Fsp3) is 0.650. The molecule has 0 bridgehead atoms. The maximum atomic E-state index is 12.9. The minimum Gasteiger partial charge on any atom is -0.494 e. The van der Waals surface area contributed by atoms with Crippen LogP contribution < -0.4 is 10.1 Å². The molecule has 1 saturated carbocycles. The Morgan fingerprint density at radius 1 is 1.21 bits per heavy atom. The molecule has 1 aliphatic carbocycles. The van der Waals surface area contributed by atoms with Gasteiger partial charge in [-0.1, -0.05) is 27.2 Å². The second-order valence-electron chi connectivity index (χ2n) is 6.87. The third-order valence-electron chi connectivity index (χ3n) is 4.54. The second-order valence-corrected chi connectivity index (χ2v) is 6.87. The molecule has 1 amide bonds. The van der Waals surface area contributed by atoms with E-state index in [1.165, 1.54) is 6.42 Å². The van der Waals surface area contributed by atoms with Crippen LogP contribution in [0.5, 0.6) is 5.75 Å². The summed E-state index contributed by atoms with van der Waals surface area (Å²) in [6.45, 7) is 7.69. The van der Waals surface area contributed by atoms with Gasteiger partial charge in [-0.25, -0.2) is 0 Å². The monoisotopic (exact) mass is 333 g/mol. The lowest BCUT2D eigenvalue weighted by atomic mass is 9.78. The van der Waals surface area contributed by atoms with E-state index in [1.807, 2.05) is 24.3 Å². The summed E-state index contributed by atoms with van der Waals surface area (Å²) in [4.78, 5) is 12.9. The topological polar surface area (TPSA) is 47.6 Å². The summed E-state index contributed by atoms with van der Waals surface area (Å²) in [6.07, 6.45) is 5.73. The fourth-order valence-corrected chi connectivity index (χ4v) is 3.30. The van der Waals surface area contributed by atoms with Gasteiger partial charge in [0.2, 0.25) is 0 Å². The Bertz CT molecular complexity index is 514. The molecular formula is C20H31NO3. The van der Waals surface area contributed by atoms with Crippen LogP contribution in [0.25, 0.3) is 0 Å². The molecular weight excluding hydrogens is 302 g/mol. The summed E-state index contributed by atoms with van der Waals surface area (Å²) in [5.74, 6) is 1.34. The number of anilines is 1. The highest BCUT2D eigenvalue weighted by Gasteiger charge is 2.42. The predicted molar refractivity (Wildman–Crippen MR) is 97.5 cm³/mol. The van der Waals surface area contributed by atoms with E-state index in [0.717, 1.165) is 43.5 Å². The standard InChI is InChI=1S/C20H31NO3/c1-4-13-23-18-10-8-17(9-11-18)21-19(22)20(24-14-5-2)12-6-7-16(3)15-20/h8-11,16H,4-7,12-15H2,1-3H3,(H,21,22)/t16-,20-/m0/s1. The largest absolute Gasteiger partial charge is 0.494 e. The summed E-state index contributed by atoms with van der Waals surface area (Å²) in [6, 6.07) is 7.58. The average Bonchev–Trinajstić information content (AvgIpc) is 2.59. The van der Waals surface area contributed by atoms with Crippen LogP contribution in [-0.2, 0) is 9.53 Å². The van der Waals surface area contributed by atoms with Gasteiger partial charge in [0, 0.05) is 12.3 Å². The average molecular weight is 333 g/mol. The number of amides is 1. The van der Waals surface area contributed by atoms with E-state index in [2.05, 4.69) is 26.1 Å². The molecule has 1 fully saturated rings. The molecule has 1 aromatic carbocycles. The first-order valence-electron chi connectivity index (χ1n) is 9.28. The maximum Gasteiger partial charge on any atom is 0.256 e. The first-order valence-corrected chi connectivity index (χ1v) is 9.28. The molecule has 4 heteroatoms. The summed E-state index contributed by atoms with van der Waals surface area (Å²) in [5, 5.41) is 3.05. The molecule has 0 aromatic heterocycles. The number of hydrogen-bond acceptors (Lipinski definition) is 3. The highest BCUT2D eigenvalue weighted by atomic mass is 16.5. The number of rotatable bonds is 8. The van der Waals surface area contributed by atoms with Crippen LogP contribution >= 0.6 is 0 Å². The van der Waals surface area contributed by atoms with Gasteiger partial charge in [-0.2, -0.15) is 0 Å². The molecule has 0 saturated heterocycles. The van der Waals surface area contributed by atoms with E-state index in [1.54, 1.807) is 0 Å². The molecule has 2 rings (SSSR count). The van der Waals surface area contributed by atoms with E-state index in [9.17, 15) is 4.79 Å². The molecule has 0 radical (unpaired) electrons. The number of benzene rings is 1. The molecule has 1 N–H and O–H groups in total. The van der Waals surface area contributed by atoms with E-state index < -0.39 is 5.60 Å². The molecule has 0 unspecified atom stereocenters. The summed E-state index contributed by atoms with van der Waals surface area (Å²) in [5.41, 5.74) is 0.118. The number of hydrogen-bond donors (Lipinski definition) is 1. The highest BCUT2D eigenvalue weighted by molar-refractivity contribution is 5.97. The van der Waals surface area contributed by atoms with Crippen molar-refractivity contribution in [3.63, 3.8) is 0 Å². The van der Waals surface area contributed by atoms with Crippen LogP contribution in [0.3, 0.4) is 0 Å². The van der Waals surface area contributed by atoms with Crippen molar-refractivity contribution >= 4 is 11.6 Å². The Hall–Kier alpha value is -1.55. The van der Waals surface area contributed by atoms with Gasteiger partial charge >= 0.3 is 0 Å². The lowest BCUT2D eigenvalue weighted by molar-refractivity contribution is -0.148. The second kappa shape index (κ2) is 9.07. The van der Waals surface area contributed by atoms with Crippen molar-refractivity contribution in [1.82, 2.24) is 0 Å². The van der Waals surface area contributed by atoms with Crippen LogP contribution in [-0.4, -0.2) is 24.7 Å². The van der Waals surface area contributed by atoms with E-state index in [-0.39, 0.29) is 5.91 Å². The smallest absolute Gasteiger partial charge is 0.256 e. The van der Waals surface area contributed by atoms with Crippen LogP contribution in [0.4, 0.5) is 5.69 Å². The minimum atomic E-state index is -0.676. The van der Waals surface area contributed by atoms with E-state index >= 15 is 0 Å². The molecule has 0 heterocycles. The first kappa shape index (κ1) is 18.8. The van der Waals surface area contributed by atoms with Gasteiger partial charge < -0.3 is 14.8 Å². The Morgan fingerprint density at radius 3 is 2.54 bits per heavy atom. The third-order valence-corrected chi connectivity index (χ3v) is 4.54. The van der Waals surface area contributed by atoms with Gasteiger partial charge in [0.25, 0.3) is 5.91 Å². The van der Waals surface area contributed by atoms with Crippen molar-refractivity contribution in [2.24, 2.45) is 5.92 Å². The zero-order valence-corrected chi connectivity index (χ0v) is 15.3. The third kappa shape index (κ3) is 4.97. The van der Waals surface area contributed by atoms with Crippen LogP contribution in [0.2, 0.25) is 0 Å². The summed E-state index contributed by atoms with van der Waals surface area (Å²) in [7, 11) is 0. The van der Waals surface area contributed by atoms with Gasteiger partial charge in [-0.05, 0) is 62.3 Å². The molecule has 2 atom stereocenters. The quantitative estimate of drug-likeness (QED) is 0.744. The van der Waals surface area contributed by atoms with Gasteiger partial charge in [0.1, 0.15) is 11.4 Å². The number of carbonyl (C=O) groups is 1. The molecule has 0 aliphatic heterocycles. The van der Waals surface area contributed by atoms with Crippen LogP contribution in [0, 0.1) is 5.92 Å². The lowest BCUT2D eigenvalue weighted by Crippen LogP contribution is -2.48. The Kier molecular flexibility index (Phi) is 7.10. The number of carbonyl (C=O) groups excluding carboxylic acids is 1. The van der Waals surface area contributed by atoms with E-state index in [4.69, 9.17) is 9.47 Å². The summed E-state index contributed by atoms with van der Waals surface area (Å²) < 4.78 is 11.6. The molecule has 24 heavy (non-hydrogen) atoms. The van der Waals surface area contributed by atoms with Crippen molar-refractivity contribution in [3.05, 3.63) is 24.3 Å². The molecule has 0 spiro atoms. The normalized spacial score (nSPS) is 23.7. The van der Waals surface area contributed by atoms with Gasteiger partial charge in [0.15, 0.2) is 0 Å². The first-order chi connectivity index (χ1) is 11.6. The fourth-order valence-electron chi connectivity index (χ4n) is 3.30. The molecule has 134 valence electrons. The maximum absolute atomic E-state index is 12.9. The van der Waals surface area contributed by atoms with Crippen molar-refractivity contribution < 1.29 is 14.3 Å². The SMILES string of the molecule is CCCOc1ccc(NC(=O)[C@]2(OCCC)CCC[C@H](C)C2)cc1. The highest BCUT2D eigenvalue weighted by Crippen LogP contribution is 2.36. The lowest BCUT2D eigenvalue weighted by Gasteiger charge is -2.38. The predicted octanol–water partition coefficient (Wildman–Crippen LogP) is 4.79. The number of nitrogens with one attached hydrogen (secondary N) is 1. The molecule has 4 nitrogen and oxygen atoms in total. The van der Waals surface area contributed by atoms with Crippen LogP contribution in [0.15, 0.2) is 24.3 Å². The molecule has 1 aromatic rings. The van der Waals surface area contributed by atoms with Crippen molar-refractivity contribution in [1.29, 1.82) is 0 Å². The minimum absolute atomic E-state index is 0.00951. The number of ether oxygens (including phenoxy) is 2. The van der Waals surface area contributed by atoms with Gasteiger partial charge in [-0.15, -0.1) is 0 Å².